The van der Waals surface area contributed by atoms with Crippen LogP contribution in [0.1, 0.15) is 47.9 Å². The summed E-state index contributed by atoms with van der Waals surface area (Å²) in [5.74, 6) is 1.07. The lowest BCUT2D eigenvalue weighted by molar-refractivity contribution is -0.132. The summed E-state index contributed by atoms with van der Waals surface area (Å²) < 4.78 is 7.13. The molecule has 4 aromatic rings. The van der Waals surface area contributed by atoms with Crippen LogP contribution in [0.3, 0.4) is 0 Å². The molecule has 0 saturated heterocycles. The van der Waals surface area contributed by atoms with Crippen molar-refractivity contribution in [2.24, 2.45) is 0 Å². The summed E-state index contributed by atoms with van der Waals surface area (Å²) in [7, 11) is 5.13. The van der Waals surface area contributed by atoms with Crippen LogP contribution in [0.4, 0.5) is 5.82 Å². The minimum absolute atomic E-state index is 0.0315. The quantitative estimate of drug-likeness (QED) is 0.273. The van der Waals surface area contributed by atoms with Crippen molar-refractivity contribution >= 4 is 39.6 Å². The van der Waals surface area contributed by atoms with Gasteiger partial charge in [0.15, 0.2) is 5.82 Å². The fourth-order valence-electron chi connectivity index (χ4n) is 4.89. The van der Waals surface area contributed by atoms with E-state index in [1.165, 1.54) is 7.11 Å². The van der Waals surface area contributed by atoms with E-state index in [-0.39, 0.29) is 5.91 Å². The van der Waals surface area contributed by atoms with E-state index in [0.29, 0.717) is 37.6 Å². The summed E-state index contributed by atoms with van der Waals surface area (Å²) in [5, 5.41) is 1.03. The number of carbonyl (C=O) groups is 2. The normalized spacial score (nSPS) is 11.4. The van der Waals surface area contributed by atoms with Gasteiger partial charge in [-0.2, -0.15) is 0 Å². The molecule has 4 rings (SSSR count). The molecule has 9 nitrogen and oxygen atoms in total. The lowest BCUT2D eigenvalue weighted by Gasteiger charge is -2.25. The van der Waals surface area contributed by atoms with Gasteiger partial charge in [0.25, 0.3) is 0 Å². The van der Waals surface area contributed by atoms with Crippen molar-refractivity contribution in [1.29, 1.82) is 0 Å². The number of likely N-dealkylation sites (N-methyl/N-ethyl adjacent to an activating group) is 1. The number of aromatic nitrogens is 3. The van der Waals surface area contributed by atoms with Gasteiger partial charge in [0.2, 0.25) is 5.91 Å². The number of rotatable bonds is 12. The van der Waals surface area contributed by atoms with Crippen LogP contribution in [0, 0.1) is 0 Å². The lowest BCUT2D eigenvalue weighted by Crippen LogP contribution is -2.38. The lowest BCUT2D eigenvalue weighted by atomic mass is 10.1. The number of fused-ring (bicyclic) bond motifs is 3. The predicted molar refractivity (Wildman–Crippen MR) is 154 cm³/mol. The van der Waals surface area contributed by atoms with Crippen molar-refractivity contribution in [3.8, 4) is 0 Å². The minimum atomic E-state index is -0.393. The Morgan fingerprint density at radius 3 is 2.59 bits per heavy atom. The van der Waals surface area contributed by atoms with Crippen LogP contribution in [0.15, 0.2) is 48.5 Å². The minimum Gasteiger partial charge on any atom is -0.465 e. The molecule has 0 fully saturated rings. The molecular weight excluding hydrogens is 492 g/mol. The Bertz CT molecular complexity index is 1460. The van der Waals surface area contributed by atoms with Gasteiger partial charge in [-0.25, -0.2) is 14.8 Å². The van der Waals surface area contributed by atoms with Crippen LogP contribution >= 0.6 is 0 Å². The Labute approximate surface area is 229 Å². The third-order valence-corrected chi connectivity index (χ3v) is 6.78. The van der Waals surface area contributed by atoms with E-state index in [4.69, 9.17) is 15.5 Å². The monoisotopic (exact) mass is 530 g/mol. The number of aryl methyl sites for hydroxylation is 2. The maximum absolute atomic E-state index is 13.2. The van der Waals surface area contributed by atoms with Gasteiger partial charge < -0.3 is 24.8 Å². The highest BCUT2D eigenvalue weighted by atomic mass is 16.5. The molecule has 9 heteroatoms. The van der Waals surface area contributed by atoms with Gasteiger partial charge in [-0.05, 0) is 50.7 Å². The first-order valence-electron chi connectivity index (χ1n) is 13.5. The number of esters is 1. The molecule has 0 aliphatic carbocycles. The molecule has 0 bridgehead atoms. The number of anilines is 1. The maximum Gasteiger partial charge on any atom is 0.337 e. The molecule has 0 atom stereocenters. The van der Waals surface area contributed by atoms with E-state index < -0.39 is 5.97 Å². The number of hydrogen-bond donors (Lipinski definition) is 1. The van der Waals surface area contributed by atoms with Gasteiger partial charge >= 0.3 is 5.97 Å². The van der Waals surface area contributed by atoms with Gasteiger partial charge in [0.1, 0.15) is 11.3 Å². The van der Waals surface area contributed by atoms with Gasteiger partial charge in [-0.15, -0.1) is 0 Å². The molecule has 2 N–H and O–H groups in total. The number of nitrogen functional groups attached to an aromatic ring is 1. The zero-order chi connectivity index (χ0) is 27.9. The molecule has 0 aliphatic rings. The van der Waals surface area contributed by atoms with Crippen LogP contribution in [0.25, 0.3) is 21.9 Å². The van der Waals surface area contributed by atoms with Crippen LogP contribution < -0.4 is 5.73 Å². The highest BCUT2D eigenvalue weighted by molar-refractivity contribution is 6.06. The molecule has 1 amide bonds. The average molecular weight is 531 g/mol. The number of nitrogens with two attached hydrogens (primary N) is 1. The fourth-order valence-corrected chi connectivity index (χ4v) is 4.89. The Morgan fingerprint density at radius 1 is 1.05 bits per heavy atom. The first-order valence-corrected chi connectivity index (χ1v) is 13.5. The summed E-state index contributed by atoms with van der Waals surface area (Å²) >= 11 is 0. The number of unbranched alkanes of at least 4 members (excludes halogenated alkanes) is 1. The summed E-state index contributed by atoms with van der Waals surface area (Å²) in [5.41, 5.74) is 10.3. The Morgan fingerprint density at radius 2 is 1.85 bits per heavy atom. The Balaban J connectivity index is 1.62. The average Bonchev–Trinajstić information content (AvgIpc) is 3.29. The largest absolute Gasteiger partial charge is 0.465 e. The number of methoxy groups -OCH3 is 1. The van der Waals surface area contributed by atoms with Gasteiger partial charge in [-0.1, -0.05) is 43.7 Å². The van der Waals surface area contributed by atoms with Crippen molar-refractivity contribution in [3.05, 3.63) is 65.5 Å². The molecule has 0 saturated carbocycles. The second-order valence-electron chi connectivity index (χ2n) is 10.1. The second kappa shape index (κ2) is 12.7. The summed E-state index contributed by atoms with van der Waals surface area (Å²) in [6, 6.07) is 15.2. The Hall–Kier alpha value is -3.98. The molecule has 0 spiro atoms. The number of carbonyl (C=O) groups excluding carboxylic acids is 2. The van der Waals surface area contributed by atoms with Gasteiger partial charge in [0.05, 0.1) is 30.3 Å². The van der Waals surface area contributed by atoms with Crippen LogP contribution in [0.2, 0.25) is 0 Å². The van der Waals surface area contributed by atoms with Gasteiger partial charge in [0, 0.05) is 31.4 Å². The topological polar surface area (TPSA) is 107 Å². The molecule has 2 aromatic carbocycles. The highest BCUT2D eigenvalue weighted by Gasteiger charge is 2.19. The van der Waals surface area contributed by atoms with Crippen molar-refractivity contribution < 1.29 is 14.3 Å². The number of imidazole rings is 1. The molecule has 0 aliphatic heterocycles. The second-order valence-corrected chi connectivity index (χ2v) is 10.1. The van der Waals surface area contributed by atoms with Crippen molar-refractivity contribution in [2.45, 2.75) is 45.7 Å². The number of amides is 1. The van der Waals surface area contributed by atoms with Crippen LogP contribution in [-0.4, -0.2) is 70.5 Å². The molecule has 39 heavy (non-hydrogen) atoms. The first kappa shape index (κ1) is 28.0. The smallest absolute Gasteiger partial charge is 0.337 e. The van der Waals surface area contributed by atoms with Crippen LogP contribution in [-0.2, 0) is 29.0 Å². The predicted octanol–water partition coefficient (Wildman–Crippen LogP) is 4.28. The van der Waals surface area contributed by atoms with Crippen molar-refractivity contribution in [1.82, 2.24) is 24.3 Å². The Kier molecular flexibility index (Phi) is 9.14. The first-order chi connectivity index (χ1) is 18.8. The standard InChI is InChI=1S/C30H38N6O3/c1-5-6-15-25-33-27-28(23-13-7-8-14-24(23)32-29(27)31)36(25)17-10-16-35(26(37)20-34(2)3)19-21-11-9-12-22(18-21)30(38)39-4/h7-9,11-14,18H,5-6,10,15-17,19-20H2,1-4H3,(H2,31,32). The SMILES string of the molecule is CCCCc1nc2c(N)nc3ccccc3c2n1CCCN(Cc1cccc(C(=O)OC)c1)C(=O)CN(C)C. The van der Waals surface area contributed by atoms with E-state index in [9.17, 15) is 9.59 Å². The number of hydrogen-bond acceptors (Lipinski definition) is 7. The number of benzene rings is 2. The fraction of sp³-hybridized carbons (Fsp3) is 0.400. The van der Waals surface area contributed by atoms with Gasteiger partial charge in [-0.3, -0.25) is 4.79 Å². The summed E-state index contributed by atoms with van der Waals surface area (Å²) in [4.78, 5) is 38.5. The zero-order valence-electron chi connectivity index (χ0n) is 23.3. The van der Waals surface area contributed by atoms with E-state index in [1.807, 2.05) is 54.2 Å². The third-order valence-electron chi connectivity index (χ3n) is 6.78. The summed E-state index contributed by atoms with van der Waals surface area (Å²) in [6.07, 6.45) is 3.67. The summed E-state index contributed by atoms with van der Waals surface area (Å²) in [6.45, 7) is 4.13. The van der Waals surface area contributed by atoms with E-state index in [1.54, 1.807) is 12.1 Å². The van der Waals surface area contributed by atoms with Crippen LogP contribution in [0.5, 0.6) is 0 Å². The van der Waals surface area contributed by atoms with E-state index in [2.05, 4.69) is 22.5 Å². The molecule has 0 radical (unpaired) electrons. The number of para-hydroxylation sites is 1. The molecule has 206 valence electrons. The van der Waals surface area contributed by atoms with E-state index in [0.717, 1.165) is 59.0 Å². The van der Waals surface area contributed by atoms with Crippen molar-refractivity contribution in [2.75, 3.05) is 40.0 Å². The molecule has 0 unspecified atom stereocenters. The van der Waals surface area contributed by atoms with Crippen molar-refractivity contribution in [3.63, 3.8) is 0 Å². The third kappa shape index (κ3) is 6.54. The number of nitrogens with zero attached hydrogens (tertiary/aromatic N) is 5. The molecule has 2 heterocycles. The molecular formula is C30H38N6O3. The number of ether oxygens (including phenoxy) is 1. The number of pyridine rings is 1. The molecule has 2 aromatic heterocycles. The maximum atomic E-state index is 13.2. The zero-order valence-corrected chi connectivity index (χ0v) is 23.3. The van der Waals surface area contributed by atoms with E-state index >= 15 is 0 Å². The highest BCUT2D eigenvalue weighted by Crippen LogP contribution is 2.29.